The molecule has 4 aliphatic rings. The summed E-state index contributed by atoms with van der Waals surface area (Å²) in [4.78, 5) is 32.8. The quantitative estimate of drug-likeness (QED) is 0.353. The predicted molar refractivity (Wildman–Crippen MR) is 114 cm³/mol. The van der Waals surface area contributed by atoms with Crippen LogP contribution in [0.15, 0.2) is 60.1 Å². The molecule has 0 unspecified atom stereocenters. The van der Waals surface area contributed by atoms with Gasteiger partial charge in [-0.3, -0.25) is 9.59 Å². The van der Waals surface area contributed by atoms with Gasteiger partial charge in [0.2, 0.25) is 11.8 Å². The van der Waals surface area contributed by atoms with Crippen molar-refractivity contribution in [3.8, 4) is 0 Å². The number of nitrogens with zero attached hydrogens (tertiary/aromatic N) is 2. The van der Waals surface area contributed by atoms with Gasteiger partial charge in [0.25, 0.3) is 0 Å². The fourth-order valence-electron chi connectivity index (χ4n) is 5.18. The Morgan fingerprint density at radius 1 is 0.821 bits per heavy atom. The molecule has 2 atom stereocenters. The molecule has 0 N–H and O–H groups in total. The molecule has 7 heteroatoms. The summed E-state index contributed by atoms with van der Waals surface area (Å²) < 4.78 is -1.50. The van der Waals surface area contributed by atoms with Crippen molar-refractivity contribution in [1.82, 2.24) is 4.98 Å². The minimum Gasteiger partial charge on any atom is -0.274 e. The molecular formula is C21H12Br2N2O2S. The lowest BCUT2D eigenvalue weighted by molar-refractivity contribution is -0.122. The molecule has 28 heavy (non-hydrogen) atoms. The summed E-state index contributed by atoms with van der Waals surface area (Å²) in [6.45, 7) is 0. The van der Waals surface area contributed by atoms with Crippen LogP contribution in [0.1, 0.15) is 22.3 Å². The number of anilines is 1. The molecule has 3 aromatic rings. The molecule has 0 spiro atoms. The highest BCUT2D eigenvalue weighted by molar-refractivity contribution is 9.10. The van der Waals surface area contributed by atoms with Gasteiger partial charge < -0.3 is 0 Å². The van der Waals surface area contributed by atoms with E-state index in [0.29, 0.717) is 5.13 Å². The molecule has 1 saturated heterocycles. The summed E-state index contributed by atoms with van der Waals surface area (Å²) >= 11 is 9.27. The molecule has 1 aromatic heterocycles. The Balaban J connectivity index is 1.71. The number of halogens is 2. The van der Waals surface area contributed by atoms with Gasteiger partial charge in [-0.2, -0.15) is 0 Å². The van der Waals surface area contributed by atoms with Crippen molar-refractivity contribution < 1.29 is 9.59 Å². The molecule has 2 aromatic carbocycles. The number of benzene rings is 2. The molecule has 0 saturated carbocycles. The van der Waals surface area contributed by atoms with Gasteiger partial charge in [-0.25, -0.2) is 9.88 Å². The van der Waals surface area contributed by atoms with Gasteiger partial charge in [-0.1, -0.05) is 80.4 Å². The molecule has 0 radical (unpaired) electrons. The highest BCUT2D eigenvalue weighted by atomic mass is 79.9. The highest BCUT2D eigenvalue weighted by Crippen LogP contribution is 2.70. The maximum absolute atomic E-state index is 13.6. The number of rotatable bonds is 1. The molecule has 2 heterocycles. The van der Waals surface area contributed by atoms with E-state index in [9.17, 15) is 9.59 Å². The summed E-state index contributed by atoms with van der Waals surface area (Å²) in [5.74, 6) is -1.49. The largest absolute Gasteiger partial charge is 0.274 e. The summed E-state index contributed by atoms with van der Waals surface area (Å²) in [6.07, 6.45) is 1.62. The molecule has 2 amide bonds. The third-order valence-electron chi connectivity index (χ3n) is 6.20. The molecule has 4 nitrogen and oxygen atoms in total. The SMILES string of the molecule is O=C1[C@@H]2[C@@H](C(=O)N1c1nccs1)C1(Br)c3ccccc3C2(Br)c2ccccc21. The van der Waals surface area contributed by atoms with Gasteiger partial charge >= 0.3 is 0 Å². The third-order valence-corrected chi connectivity index (χ3v) is 9.65. The van der Waals surface area contributed by atoms with Crippen molar-refractivity contribution in [2.75, 3.05) is 4.90 Å². The third kappa shape index (κ3) is 1.71. The lowest BCUT2D eigenvalue weighted by atomic mass is 9.54. The molecule has 3 aliphatic carbocycles. The first kappa shape index (κ1) is 17.1. The summed E-state index contributed by atoms with van der Waals surface area (Å²) in [5, 5.41) is 2.22. The zero-order valence-corrected chi connectivity index (χ0v) is 18.3. The van der Waals surface area contributed by atoms with Gasteiger partial charge in [0.15, 0.2) is 5.13 Å². The normalized spacial score (nSPS) is 32.3. The zero-order chi connectivity index (χ0) is 19.3. The number of carbonyl (C=O) groups excluding carboxylic acids is 2. The van der Waals surface area contributed by atoms with E-state index in [1.165, 1.54) is 16.2 Å². The van der Waals surface area contributed by atoms with E-state index in [1.54, 1.807) is 11.6 Å². The Morgan fingerprint density at radius 3 is 1.61 bits per heavy atom. The average molecular weight is 516 g/mol. The van der Waals surface area contributed by atoms with Crippen LogP contribution in [-0.2, 0) is 18.2 Å². The first-order valence-corrected chi connectivity index (χ1v) is 11.3. The molecule has 2 bridgehead atoms. The number of carbonyl (C=O) groups is 2. The fraction of sp³-hybridized carbons (Fsp3) is 0.190. The van der Waals surface area contributed by atoms with Crippen LogP contribution in [0.3, 0.4) is 0 Å². The average Bonchev–Trinajstić information content (AvgIpc) is 3.32. The van der Waals surface area contributed by atoms with E-state index in [2.05, 4.69) is 61.1 Å². The van der Waals surface area contributed by atoms with Gasteiger partial charge in [0.05, 0.1) is 20.5 Å². The number of imide groups is 1. The van der Waals surface area contributed by atoms with Crippen LogP contribution in [0.5, 0.6) is 0 Å². The number of hydrogen-bond acceptors (Lipinski definition) is 4. The van der Waals surface area contributed by atoms with Crippen molar-refractivity contribution >= 4 is 60.1 Å². The second-order valence-corrected chi connectivity index (χ2v) is 10.7. The van der Waals surface area contributed by atoms with Gasteiger partial charge in [-0.15, -0.1) is 11.3 Å². The molecular weight excluding hydrogens is 504 g/mol. The summed E-state index contributed by atoms with van der Waals surface area (Å²) in [7, 11) is 0. The molecule has 1 fully saturated rings. The topological polar surface area (TPSA) is 50.3 Å². The van der Waals surface area contributed by atoms with Crippen molar-refractivity contribution in [2.24, 2.45) is 11.8 Å². The first-order valence-electron chi connectivity index (χ1n) is 8.85. The number of hydrogen-bond donors (Lipinski definition) is 0. The van der Waals surface area contributed by atoms with E-state index in [1.807, 2.05) is 24.3 Å². The Kier molecular flexibility index (Phi) is 3.29. The minimum absolute atomic E-state index is 0.199. The van der Waals surface area contributed by atoms with Gasteiger partial charge in [0, 0.05) is 11.6 Å². The number of thiazole rings is 1. The van der Waals surface area contributed by atoms with E-state index >= 15 is 0 Å². The van der Waals surface area contributed by atoms with Crippen molar-refractivity contribution in [3.63, 3.8) is 0 Å². The second kappa shape index (κ2) is 5.40. The van der Waals surface area contributed by atoms with E-state index in [4.69, 9.17) is 0 Å². The van der Waals surface area contributed by atoms with Crippen LogP contribution in [-0.4, -0.2) is 16.8 Å². The number of aromatic nitrogens is 1. The van der Waals surface area contributed by atoms with Crippen LogP contribution in [0.4, 0.5) is 5.13 Å². The van der Waals surface area contributed by atoms with Gasteiger partial charge in [0.1, 0.15) is 0 Å². The van der Waals surface area contributed by atoms with Crippen LogP contribution >= 0.6 is 43.2 Å². The van der Waals surface area contributed by atoms with Crippen LogP contribution in [0, 0.1) is 11.8 Å². The maximum Gasteiger partial charge on any atom is 0.241 e. The second-order valence-electron chi connectivity index (χ2n) is 7.30. The standard InChI is InChI=1S/C21H12Br2N2O2S/c22-20-11-5-1-2-6-12(11)21(23,14-8-4-3-7-13(14)20)16-15(20)17(26)25(18(16)27)19-24-9-10-28-19/h1-10,15-16H/t15-,16-,20?,21?/m0/s1. The van der Waals surface area contributed by atoms with E-state index < -0.39 is 20.5 Å². The Morgan fingerprint density at radius 2 is 1.25 bits per heavy atom. The van der Waals surface area contributed by atoms with E-state index in [0.717, 1.165) is 22.3 Å². The molecule has 138 valence electrons. The molecule has 7 rings (SSSR count). The van der Waals surface area contributed by atoms with Crippen molar-refractivity contribution in [1.29, 1.82) is 0 Å². The lowest BCUT2D eigenvalue weighted by Gasteiger charge is -2.55. The summed E-state index contributed by atoms with van der Waals surface area (Å²) in [5.41, 5.74) is 4.14. The Labute approximate surface area is 181 Å². The number of amides is 2. The smallest absolute Gasteiger partial charge is 0.241 e. The van der Waals surface area contributed by atoms with Crippen molar-refractivity contribution in [3.05, 3.63) is 82.4 Å². The minimum atomic E-state index is -0.751. The summed E-state index contributed by atoms with van der Waals surface area (Å²) in [6, 6.07) is 16.1. The fourth-order valence-corrected chi connectivity index (χ4v) is 8.14. The maximum atomic E-state index is 13.6. The van der Waals surface area contributed by atoms with Crippen LogP contribution in [0.2, 0.25) is 0 Å². The van der Waals surface area contributed by atoms with Crippen molar-refractivity contribution in [2.45, 2.75) is 8.65 Å². The monoisotopic (exact) mass is 514 g/mol. The van der Waals surface area contributed by atoms with Gasteiger partial charge in [-0.05, 0) is 22.3 Å². The predicted octanol–water partition coefficient (Wildman–Crippen LogP) is 4.55. The van der Waals surface area contributed by atoms with E-state index in [-0.39, 0.29) is 11.8 Å². The zero-order valence-electron chi connectivity index (χ0n) is 14.3. The first-order chi connectivity index (χ1) is 13.5. The Bertz CT molecular complexity index is 1060. The highest BCUT2D eigenvalue weighted by Gasteiger charge is 2.72. The lowest BCUT2D eigenvalue weighted by Crippen LogP contribution is -2.56. The van der Waals surface area contributed by atoms with Crippen LogP contribution < -0.4 is 4.90 Å². The molecule has 1 aliphatic heterocycles. The number of alkyl halides is 2. The Hall–Kier alpha value is -1.83. The van der Waals surface area contributed by atoms with Crippen LogP contribution in [0.25, 0.3) is 0 Å².